The van der Waals surface area contributed by atoms with Crippen molar-refractivity contribution in [3.8, 4) is 0 Å². The number of nitrogens with zero attached hydrogens (tertiary/aromatic N) is 2. The molecule has 1 fully saturated rings. The molecular weight excluding hydrogens is 236 g/mol. The first-order valence-corrected chi connectivity index (χ1v) is 7.21. The Hall–Kier alpha value is -1.35. The summed E-state index contributed by atoms with van der Waals surface area (Å²) in [7, 11) is 0. The Morgan fingerprint density at radius 2 is 2.26 bits per heavy atom. The average Bonchev–Trinajstić information content (AvgIpc) is 2.93. The van der Waals surface area contributed by atoms with Crippen LogP contribution in [0.3, 0.4) is 0 Å². The molecule has 3 heteroatoms. The summed E-state index contributed by atoms with van der Waals surface area (Å²) in [6.07, 6.45) is 1.17. The van der Waals surface area contributed by atoms with Gasteiger partial charge in [-0.2, -0.15) is 0 Å². The van der Waals surface area contributed by atoms with E-state index in [1.165, 1.54) is 25.1 Å². The lowest BCUT2D eigenvalue weighted by atomic mass is 10.1. The molecule has 19 heavy (non-hydrogen) atoms. The first-order chi connectivity index (χ1) is 9.11. The second-order valence-electron chi connectivity index (χ2n) is 6.16. The van der Waals surface area contributed by atoms with Crippen molar-refractivity contribution in [2.45, 2.75) is 33.1 Å². The molecule has 0 radical (unpaired) electrons. The van der Waals surface area contributed by atoms with E-state index in [1.54, 1.807) is 0 Å². The van der Waals surface area contributed by atoms with Crippen LogP contribution in [0.5, 0.6) is 0 Å². The molecule has 3 nitrogen and oxygen atoms in total. The summed E-state index contributed by atoms with van der Waals surface area (Å²) in [5, 5.41) is 0. The smallest absolute Gasteiger partial charge is 0.199 e. The number of benzene rings is 1. The van der Waals surface area contributed by atoms with E-state index in [9.17, 15) is 0 Å². The minimum absolute atomic E-state index is 0.464. The molecule has 1 atom stereocenters. The fraction of sp³-hybridized carbons (Fsp3) is 0.562. The second-order valence-corrected chi connectivity index (χ2v) is 6.16. The fourth-order valence-electron chi connectivity index (χ4n) is 2.95. The summed E-state index contributed by atoms with van der Waals surface area (Å²) in [6.45, 7) is 10.1. The predicted octanol–water partition coefficient (Wildman–Crippen LogP) is 3.58. The minimum atomic E-state index is 0.464. The average molecular weight is 258 g/mol. The highest BCUT2D eigenvalue weighted by atomic mass is 16.3. The van der Waals surface area contributed by atoms with Crippen LogP contribution >= 0.6 is 0 Å². The van der Waals surface area contributed by atoms with E-state index in [2.05, 4.69) is 42.8 Å². The van der Waals surface area contributed by atoms with E-state index in [0.717, 1.165) is 29.5 Å². The van der Waals surface area contributed by atoms with Crippen LogP contribution in [0.2, 0.25) is 0 Å². The van der Waals surface area contributed by atoms with E-state index in [1.807, 2.05) is 6.07 Å². The summed E-state index contributed by atoms with van der Waals surface area (Å²) in [5.74, 6) is 2.11. The molecule has 102 valence electrons. The number of hydrogen-bond acceptors (Lipinski definition) is 3. The number of oxazole rings is 1. The van der Waals surface area contributed by atoms with Crippen molar-refractivity contribution in [3.63, 3.8) is 0 Å². The molecule has 0 aliphatic carbocycles. The van der Waals surface area contributed by atoms with E-state index in [0.29, 0.717) is 5.92 Å². The van der Waals surface area contributed by atoms with Crippen LogP contribution in [0.1, 0.15) is 37.6 Å². The van der Waals surface area contributed by atoms with E-state index >= 15 is 0 Å². The molecule has 3 rings (SSSR count). The van der Waals surface area contributed by atoms with Crippen molar-refractivity contribution in [1.29, 1.82) is 0 Å². The van der Waals surface area contributed by atoms with Crippen LogP contribution in [0, 0.1) is 12.8 Å². The first kappa shape index (κ1) is 12.7. The lowest BCUT2D eigenvalue weighted by Crippen LogP contribution is -2.24. The number of fused-ring (bicyclic) bond motifs is 1. The van der Waals surface area contributed by atoms with Crippen LogP contribution in [0.25, 0.3) is 11.1 Å². The number of rotatable bonds is 3. The highest BCUT2D eigenvalue weighted by Crippen LogP contribution is 2.29. The minimum Gasteiger partial charge on any atom is -0.440 e. The Labute approximate surface area is 114 Å². The predicted molar refractivity (Wildman–Crippen MR) is 77.4 cm³/mol. The topological polar surface area (TPSA) is 29.3 Å². The van der Waals surface area contributed by atoms with Gasteiger partial charge in [0, 0.05) is 19.0 Å². The van der Waals surface area contributed by atoms with Crippen LogP contribution in [-0.2, 0) is 0 Å². The molecule has 1 saturated heterocycles. The molecule has 1 aromatic heterocycles. The standard InChI is InChI=1S/C16H22N2O/c1-11(2)9-18-7-6-13(10-18)16-17-14-8-12(3)4-5-15(14)19-16/h4-5,8,11,13H,6-7,9-10H2,1-3H3/t13-/m0/s1. The van der Waals surface area contributed by atoms with Crippen LogP contribution < -0.4 is 0 Å². The lowest BCUT2D eigenvalue weighted by molar-refractivity contribution is 0.291. The Kier molecular flexibility index (Phi) is 3.31. The third kappa shape index (κ3) is 2.66. The Morgan fingerprint density at radius 1 is 1.42 bits per heavy atom. The Balaban J connectivity index is 1.78. The summed E-state index contributed by atoms with van der Waals surface area (Å²) in [5.41, 5.74) is 3.15. The molecule has 0 N–H and O–H groups in total. The van der Waals surface area contributed by atoms with Gasteiger partial charge in [-0.25, -0.2) is 4.98 Å². The molecule has 0 amide bonds. The third-order valence-electron chi connectivity index (χ3n) is 3.80. The van der Waals surface area contributed by atoms with Gasteiger partial charge in [-0.3, -0.25) is 0 Å². The van der Waals surface area contributed by atoms with Crippen LogP contribution in [0.4, 0.5) is 0 Å². The van der Waals surface area contributed by atoms with Crippen molar-refractivity contribution >= 4 is 11.1 Å². The van der Waals surface area contributed by atoms with Crippen molar-refractivity contribution in [1.82, 2.24) is 9.88 Å². The van der Waals surface area contributed by atoms with Gasteiger partial charge in [-0.15, -0.1) is 0 Å². The maximum absolute atomic E-state index is 5.92. The van der Waals surface area contributed by atoms with Gasteiger partial charge < -0.3 is 9.32 Å². The number of aryl methyl sites for hydroxylation is 1. The molecule has 0 unspecified atom stereocenters. The van der Waals surface area contributed by atoms with Gasteiger partial charge >= 0.3 is 0 Å². The highest BCUT2D eigenvalue weighted by Gasteiger charge is 2.27. The normalized spacial score (nSPS) is 20.7. The van der Waals surface area contributed by atoms with Gasteiger partial charge in [0.2, 0.25) is 0 Å². The number of likely N-dealkylation sites (tertiary alicyclic amines) is 1. The number of aromatic nitrogens is 1. The van der Waals surface area contributed by atoms with Gasteiger partial charge in [0.05, 0.1) is 0 Å². The molecule has 1 aromatic carbocycles. The quantitative estimate of drug-likeness (QED) is 0.842. The summed E-state index contributed by atoms with van der Waals surface area (Å²) >= 11 is 0. The molecule has 1 aliphatic rings. The van der Waals surface area contributed by atoms with Crippen molar-refractivity contribution in [2.75, 3.05) is 19.6 Å². The largest absolute Gasteiger partial charge is 0.440 e. The van der Waals surface area contributed by atoms with Gasteiger partial charge in [-0.05, 0) is 43.5 Å². The Bertz CT molecular complexity index is 573. The maximum atomic E-state index is 5.92. The Morgan fingerprint density at radius 3 is 3.05 bits per heavy atom. The van der Waals surface area contributed by atoms with Crippen molar-refractivity contribution in [2.24, 2.45) is 5.92 Å². The van der Waals surface area contributed by atoms with E-state index in [-0.39, 0.29) is 0 Å². The van der Waals surface area contributed by atoms with Crippen LogP contribution in [0.15, 0.2) is 22.6 Å². The summed E-state index contributed by atoms with van der Waals surface area (Å²) < 4.78 is 5.92. The molecule has 1 aliphatic heterocycles. The van der Waals surface area contributed by atoms with Crippen molar-refractivity contribution in [3.05, 3.63) is 29.7 Å². The van der Waals surface area contributed by atoms with E-state index < -0.39 is 0 Å². The zero-order valence-corrected chi connectivity index (χ0v) is 12.0. The molecule has 2 heterocycles. The monoisotopic (exact) mass is 258 g/mol. The third-order valence-corrected chi connectivity index (χ3v) is 3.80. The molecule has 2 aromatic rings. The maximum Gasteiger partial charge on any atom is 0.199 e. The van der Waals surface area contributed by atoms with Crippen LogP contribution in [-0.4, -0.2) is 29.5 Å². The fourth-order valence-corrected chi connectivity index (χ4v) is 2.95. The van der Waals surface area contributed by atoms with Crippen molar-refractivity contribution < 1.29 is 4.42 Å². The van der Waals surface area contributed by atoms with E-state index in [4.69, 9.17) is 4.42 Å². The SMILES string of the molecule is Cc1ccc2oc([C@H]3CCN(CC(C)C)C3)nc2c1. The summed E-state index contributed by atoms with van der Waals surface area (Å²) in [6, 6.07) is 6.21. The first-order valence-electron chi connectivity index (χ1n) is 7.21. The van der Waals surface area contributed by atoms with Gasteiger partial charge in [0.1, 0.15) is 5.52 Å². The lowest BCUT2D eigenvalue weighted by Gasteiger charge is -2.17. The zero-order chi connectivity index (χ0) is 13.4. The van der Waals surface area contributed by atoms with Gasteiger partial charge in [-0.1, -0.05) is 19.9 Å². The molecular formula is C16H22N2O. The molecule has 0 spiro atoms. The second kappa shape index (κ2) is 4.97. The highest BCUT2D eigenvalue weighted by molar-refractivity contribution is 5.73. The summed E-state index contributed by atoms with van der Waals surface area (Å²) in [4.78, 5) is 7.20. The number of hydrogen-bond donors (Lipinski definition) is 0. The molecule has 0 bridgehead atoms. The zero-order valence-electron chi connectivity index (χ0n) is 12.0. The molecule has 0 saturated carbocycles. The van der Waals surface area contributed by atoms with Gasteiger partial charge in [0.25, 0.3) is 0 Å². The van der Waals surface area contributed by atoms with Gasteiger partial charge in [0.15, 0.2) is 11.5 Å².